The summed E-state index contributed by atoms with van der Waals surface area (Å²) in [6, 6.07) is 7.76. The molecule has 3 heteroatoms. The molecule has 1 fully saturated rings. The van der Waals surface area contributed by atoms with Crippen molar-refractivity contribution in [3.05, 3.63) is 35.4 Å². The highest BCUT2D eigenvalue weighted by molar-refractivity contribution is 5.97. The molecule has 2 rings (SSSR count). The third-order valence-electron chi connectivity index (χ3n) is 3.95. The molecular weight excluding hydrogens is 238 g/mol. The molecular formula is C16H23NO2. The van der Waals surface area contributed by atoms with E-state index < -0.39 is 0 Å². The van der Waals surface area contributed by atoms with Crippen LogP contribution in [-0.2, 0) is 0 Å². The lowest BCUT2D eigenvalue weighted by Crippen LogP contribution is -2.37. The van der Waals surface area contributed by atoms with Gasteiger partial charge >= 0.3 is 0 Å². The first kappa shape index (κ1) is 14.2. The summed E-state index contributed by atoms with van der Waals surface area (Å²) in [5.74, 6) is 0.826. The van der Waals surface area contributed by atoms with Crippen LogP contribution in [0.15, 0.2) is 24.3 Å². The Bertz CT molecular complexity index is 438. The van der Waals surface area contributed by atoms with Gasteiger partial charge in [0, 0.05) is 25.1 Å². The van der Waals surface area contributed by atoms with E-state index in [1.165, 1.54) is 0 Å². The lowest BCUT2D eigenvalue weighted by Gasteiger charge is -2.34. The Balaban J connectivity index is 1.75. The number of carbonyl (C=O) groups is 1. The third kappa shape index (κ3) is 3.88. The molecule has 0 unspecified atom stereocenters. The molecule has 0 saturated heterocycles. The summed E-state index contributed by atoms with van der Waals surface area (Å²) in [7, 11) is 2.05. The fourth-order valence-corrected chi connectivity index (χ4v) is 2.69. The molecule has 0 atom stereocenters. The number of Topliss-reactive ketones (excluding diaryl/α,β-unsaturated/α-hetero) is 1. The number of benzene rings is 1. The van der Waals surface area contributed by atoms with Crippen molar-refractivity contribution in [1.82, 2.24) is 4.90 Å². The fraction of sp³-hybridized carbons (Fsp3) is 0.562. The van der Waals surface area contributed by atoms with Crippen LogP contribution in [0.3, 0.4) is 0 Å². The minimum atomic E-state index is -0.0907. The Morgan fingerprint density at radius 1 is 1.37 bits per heavy atom. The van der Waals surface area contributed by atoms with E-state index in [0.717, 1.165) is 37.1 Å². The summed E-state index contributed by atoms with van der Waals surface area (Å²) in [5.41, 5.74) is 1.90. The Hall–Kier alpha value is -1.19. The molecule has 1 aliphatic carbocycles. The van der Waals surface area contributed by atoms with Crippen molar-refractivity contribution in [3.63, 3.8) is 0 Å². The van der Waals surface area contributed by atoms with Crippen LogP contribution in [0, 0.1) is 12.8 Å². The number of aryl methyl sites for hydroxylation is 1. The van der Waals surface area contributed by atoms with Crippen molar-refractivity contribution in [2.75, 3.05) is 20.1 Å². The SMILES string of the molecule is Cc1ccccc1C(=O)CCN(C)CC1CC(O)C1. The molecule has 0 amide bonds. The van der Waals surface area contributed by atoms with E-state index in [-0.39, 0.29) is 11.9 Å². The van der Waals surface area contributed by atoms with Crippen LogP contribution in [-0.4, -0.2) is 42.0 Å². The monoisotopic (exact) mass is 261 g/mol. The summed E-state index contributed by atoms with van der Waals surface area (Å²) < 4.78 is 0. The molecule has 1 aliphatic rings. The number of ketones is 1. The number of aliphatic hydroxyl groups is 1. The van der Waals surface area contributed by atoms with E-state index in [1.807, 2.05) is 31.2 Å². The zero-order valence-electron chi connectivity index (χ0n) is 11.8. The van der Waals surface area contributed by atoms with Crippen LogP contribution in [0.4, 0.5) is 0 Å². The summed E-state index contributed by atoms with van der Waals surface area (Å²) in [5, 5.41) is 9.26. The van der Waals surface area contributed by atoms with Crippen molar-refractivity contribution in [1.29, 1.82) is 0 Å². The van der Waals surface area contributed by atoms with E-state index >= 15 is 0 Å². The van der Waals surface area contributed by atoms with Crippen LogP contribution in [0.2, 0.25) is 0 Å². The molecule has 3 nitrogen and oxygen atoms in total. The van der Waals surface area contributed by atoms with E-state index in [1.54, 1.807) is 0 Å². The van der Waals surface area contributed by atoms with E-state index in [4.69, 9.17) is 0 Å². The van der Waals surface area contributed by atoms with Gasteiger partial charge in [-0.2, -0.15) is 0 Å². The van der Waals surface area contributed by atoms with Crippen molar-refractivity contribution < 1.29 is 9.90 Å². The molecule has 0 spiro atoms. The zero-order valence-corrected chi connectivity index (χ0v) is 11.8. The van der Waals surface area contributed by atoms with Gasteiger partial charge in [0.15, 0.2) is 5.78 Å². The molecule has 0 aliphatic heterocycles. The van der Waals surface area contributed by atoms with Gasteiger partial charge in [-0.05, 0) is 38.3 Å². The molecule has 104 valence electrons. The van der Waals surface area contributed by atoms with Crippen LogP contribution < -0.4 is 0 Å². The number of carbonyl (C=O) groups excluding carboxylic acids is 1. The lowest BCUT2D eigenvalue weighted by atomic mass is 9.82. The summed E-state index contributed by atoms with van der Waals surface area (Å²) in [6.45, 7) is 3.75. The van der Waals surface area contributed by atoms with Gasteiger partial charge in [0.05, 0.1) is 6.10 Å². The summed E-state index contributed by atoms with van der Waals surface area (Å²) >= 11 is 0. The predicted octanol–water partition coefficient (Wildman–Crippen LogP) is 2.27. The van der Waals surface area contributed by atoms with Gasteiger partial charge in [-0.25, -0.2) is 0 Å². The molecule has 0 aromatic heterocycles. The van der Waals surface area contributed by atoms with Crippen molar-refractivity contribution >= 4 is 5.78 Å². The third-order valence-corrected chi connectivity index (χ3v) is 3.95. The molecule has 0 radical (unpaired) electrons. The smallest absolute Gasteiger partial charge is 0.164 e. The average Bonchev–Trinajstić information content (AvgIpc) is 2.35. The minimum absolute atomic E-state index is 0.0907. The molecule has 0 heterocycles. The second-order valence-electron chi connectivity index (χ2n) is 5.74. The zero-order chi connectivity index (χ0) is 13.8. The fourth-order valence-electron chi connectivity index (χ4n) is 2.69. The summed E-state index contributed by atoms with van der Waals surface area (Å²) in [4.78, 5) is 14.3. The first-order chi connectivity index (χ1) is 9.06. The van der Waals surface area contributed by atoms with Crippen LogP contribution in [0.5, 0.6) is 0 Å². The van der Waals surface area contributed by atoms with Crippen molar-refractivity contribution in [2.45, 2.75) is 32.3 Å². The van der Waals surface area contributed by atoms with Crippen LogP contribution in [0.1, 0.15) is 35.2 Å². The largest absolute Gasteiger partial charge is 0.393 e. The van der Waals surface area contributed by atoms with Gasteiger partial charge in [-0.1, -0.05) is 24.3 Å². The molecule has 1 aromatic carbocycles. The van der Waals surface area contributed by atoms with E-state index in [9.17, 15) is 9.90 Å². The maximum absolute atomic E-state index is 12.1. The van der Waals surface area contributed by atoms with Crippen molar-refractivity contribution in [2.24, 2.45) is 5.92 Å². The van der Waals surface area contributed by atoms with Gasteiger partial charge in [-0.15, -0.1) is 0 Å². The standard InChI is InChI=1S/C16H23NO2/c1-12-5-3-4-6-15(12)16(19)7-8-17(2)11-13-9-14(18)10-13/h3-6,13-14,18H,7-11H2,1-2H3. The highest BCUT2D eigenvalue weighted by atomic mass is 16.3. The Morgan fingerprint density at radius 3 is 2.68 bits per heavy atom. The number of hydrogen-bond acceptors (Lipinski definition) is 3. The molecule has 0 bridgehead atoms. The van der Waals surface area contributed by atoms with Gasteiger partial charge < -0.3 is 10.0 Å². The van der Waals surface area contributed by atoms with Gasteiger partial charge in [0.25, 0.3) is 0 Å². The summed E-state index contributed by atoms with van der Waals surface area (Å²) in [6.07, 6.45) is 2.30. The minimum Gasteiger partial charge on any atom is -0.393 e. The van der Waals surface area contributed by atoms with Gasteiger partial charge in [-0.3, -0.25) is 4.79 Å². The van der Waals surface area contributed by atoms with Gasteiger partial charge in [0.2, 0.25) is 0 Å². The molecule has 1 N–H and O–H groups in total. The average molecular weight is 261 g/mol. The Morgan fingerprint density at radius 2 is 2.05 bits per heavy atom. The second-order valence-corrected chi connectivity index (χ2v) is 5.74. The van der Waals surface area contributed by atoms with Gasteiger partial charge in [0.1, 0.15) is 0 Å². The van der Waals surface area contributed by atoms with E-state index in [2.05, 4.69) is 11.9 Å². The normalized spacial score (nSPS) is 22.3. The first-order valence-electron chi connectivity index (χ1n) is 7.01. The van der Waals surface area contributed by atoms with Crippen LogP contribution in [0.25, 0.3) is 0 Å². The van der Waals surface area contributed by atoms with Crippen LogP contribution >= 0.6 is 0 Å². The maximum Gasteiger partial charge on any atom is 0.164 e. The molecule has 1 aromatic rings. The lowest BCUT2D eigenvalue weighted by molar-refractivity contribution is 0.0281. The number of hydrogen-bond donors (Lipinski definition) is 1. The molecule has 1 saturated carbocycles. The topological polar surface area (TPSA) is 40.5 Å². The predicted molar refractivity (Wildman–Crippen MR) is 76.4 cm³/mol. The van der Waals surface area contributed by atoms with E-state index in [0.29, 0.717) is 12.3 Å². The quantitative estimate of drug-likeness (QED) is 0.799. The Labute approximate surface area is 115 Å². The Kier molecular flexibility index (Phi) is 4.72. The first-order valence-corrected chi connectivity index (χ1v) is 7.01. The number of nitrogens with zero attached hydrogens (tertiary/aromatic N) is 1. The highest BCUT2D eigenvalue weighted by Gasteiger charge is 2.27. The number of rotatable bonds is 6. The van der Waals surface area contributed by atoms with Crippen molar-refractivity contribution in [3.8, 4) is 0 Å². The number of aliphatic hydroxyl groups excluding tert-OH is 1. The molecule has 19 heavy (non-hydrogen) atoms. The highest BCUT2D eigenvalue weighted by Crippen LogP contribution is 2.27. The second kappa shape index (κ2) is 6.31. The maximum atomic E-state index is 12.1.